The van der Waals surface area contributed by atoms with E-state index in [4.69, 9.17) is 0 Å². The molecule has 2 N–H and O–H groups in total. The first-order valence-electron chi connectivity index (χ1n) is 8.12. The Balaban J connectivity index is 1.51. The number of carbonyl (C=O) groups is 1. The summed E-state index contributed by atoms with van der Waals surface area (Å²) in [5.74, 6) is 0. The minimum Gasteiger partial charge on any atom is -0.307 e. The highest BCUT2D eigenvalue weighted by Crippen LogP contribution is 2.46. The zero-order chi connectivity index (χ0) is 16.1. The summed E-state index contributed by atoms with van der Waals surface area (Å²) >= 11 is 0. The van der Waals surface area contributed by atoms with E-state index in [0.29, 0.717) is 0 Å². The van der Waals surface area contributed by atoms with Gasteiger partial charge in [0.25, 0.3) is 0 Å². The molecular weight excluding hydrogens is 290 g/mol. The van der Waals surface area contributed by atoms with Crippen LogP contribution in [0.5, 0.6) is 0 Å². The van der Waals surface area contributed by atoms with Crippen molar-refractivity contribution in [3.63, 3.8) is 0 Å². The van der Waals surface area contributed by atoms with Crippen molar-refractivity contribution < 1.29 is 4.79 Å². The van der Waals surface area contributed by atoms with E-state index in [1.165, 1.54) is 0 Å². The molecule has 0 spiro atoms. The molecule has 23 heavy (non-hydrogen) atoms. The van der Waals surface area contributed by atoms with Crippen LogP contribution in [0, 0.1) is 10.8 Å². The smallest absolute Gasteiger partial charge is 0.307 e. The Morgan fingerprint density at radius 2 is 1.61 bits per heavy atom. The third-order valence-electron chi connectivity index (χ3n) is 5.13. The Morgan fingerprint density at radius 3 is 2.17 bits per heavy atom. The van der Waals surface area contributed by atoms with Gasteiger partial charge in [-0.3, -0.25) is 9.80 Å². The number of anilines is 1. The fourth-order valence-electron chi connectivity index (χ4n) is 4.75. The summed E-state index contributed by atoms with van der Waals surface area (Å²) < 4.78 is 0. The zero-order valence-electron chi connectivity index (χ0n) is 13.7. The van der Waals surface area contributed by atoms with Crippen LogP contribution >= 0.6 is 0 Å². The lowest BCUT2D eigenvalue weighted by Gasteiger charge is -2.63. The molecule has 0 atom stereocenters. The second-order valence-corrected chi connectivity index (χ2v) is 7.63. The fraction of sp³-hybridized carbons (Fsp3) is 0.529. The Morgan fingerprint density at radius 1 is 1.04 bits per heavy atom. The van der Waals surface area contributed by atoms with E-state index in [-0.39, 0.29) is 16.9 Å². The van der Waals surface area contributed by atoms with Crippen molar-refractivity contribution in [2.45, 2.75) is 13.8 Å². The van der Waals surface area contributed by atoms with Crippen LogP contribution in [0.4, 0.5) is 10.5 Å². The molecule has 4 bridgehead atoms. The molecule has 4 aliphatic heterocycles. The first kappa shape index (κ1) is 14.7. The lowest BCUT2D eigenvalue weighted by atomic mass is 9.62. The van der Waals surface area contributed by atoms with Crippen LogP contribution in [-0.2, 0) is 0 Å². The minimum absolute atomic E-state index is 0.0313. The Kier molecular flexibility index (Phi) is 3.21. The van der Waals surface area contributed by atoms with E-state index in [1.54, 1.807) is 0 Å². The van der Waals surface area contributed by atoms with Crippen LogP contribution in [0.15, 0.2) is 35.4 Å². The normalized spacial score (nSPS) is 37.6. The summed E-state index contributed by atoms with van der Waals surface area (Å²) in [4.78, 5) is 17.1. The number of rotatable bonds is 2. The van der Waals surface area contributed by atoms with Crippen molar-refractivity contribution >= 4 is 17.4 Å². The highest BCUT2D eigenvalue weighted by Gasteiger charge is 2.57. The molecule has 4 fully saturated rings. The molecule has 0 unspecified atom stereocenters. The Hall–Kier alpha value is -1.92. The second-order valence-electron chi connectivity index (χ2n) is 7.63. The molecule has 4 saturated heterocycles. The predicted molar refractivity (Wildman–Crippen MR) is 90.3 cm³/mol. The number of amides is 2. The van der Waals surface area contributed by atoms with E-state index in [1.807, 2.05) is 30.3 Å². The number of nitrogens with zero attached hydrogens (tertiary/aromatic N) is 3. The molecule has 1 aromatic carbocycles. The van der Waals surface area contributed by atoms with Gasteiger partial charge in [-0.1, -0.05) is 32.0 Å². The minimum atomic E-state index is -0.287. The number of para-hydroxylation sites is 1. The average molecular weight is 313 g/mol. The zero-order valence-corrected chi connectivity index (χ0v) is 13.7. The van der Waals surface area contributed by atoms with Gasteiger partial charge in [-0.2, -0.15) is 5.10 Å². The molecular formula is C17H23N5O. The molecule has 5 rings (SSSR count). The van der Waals surface area contributed by atoms with E-state index in [0.717, 1.165) is 44.2 Å². The first-order valence-corrected chi connectivity index (χ1v) is 8.12. The molecule has 122 valence electrons. The number of hydrogen-bond acceptors (Lipinski definition) is 4. The molecule has 6 heteroatoms. The molecule has 1 aromatic rings. The van der Waals surface area contributed by atoms with Gasteiger partial charge in [-0.05, 0) is 12.1 Å². The fourth-order valence-corrected chi connectivity index (χ4v) is 4.75. The van der Waals surface area contributed by atoms with Crippen LogP contribution in [-0.4, -0.2) is 54.4 Å². The third kappa shape index (κ3) is 2.52. The lowest BCUT2D eigenvalue weighted by molar-refractivity contribution is -0.0739. The highest BCUT2D eigenvalue weighted by molar-refractivity contribution is 5.99. The van der Waals surface area contributed by atoms with Gasteiger partial charge in [0.2, 0.25) is 0 Å². The SMILES string of the molecule is CC12CN3CN(C1)CC(C)(C3)C2=NNC(=O)Nc1ccccc1. The first-order chi connectivity index (χ1) is 11.0. The summed E-state index contributed by atoms with van der Waals surface area (Å²) in [7, 11) is 0. The van der Waals surface area contributed by atoms with E-state index in [2.05, 4.69) is 39.5 Å². The van der Waals surface area contributed by atoms with Crippen molar-refractivity contribution in [1.29, 1.82) is 0 Å². The monoisotopic (exact) mass is 313 g/mol. The van der Waals surface area contributed by atoms with Crippen LogP contribution in [0.25, 0.3) is 0 Å². The molecule has 0 saturated carbocycles. The van der Waals surface area contributed by atoms with E-state index in [9.17, 15) is 4.79 Å². The van der Waals surface area contributed by atoms with Gasteiger partial charge in [-0.25, -0.2) is 10.2 Å². The predicted octanol–water partition coefficient (Wildman–Crippen LogP) is 1.78. The van der Waals surface area contributed by atoms with Crippen LogP contribution < -0.4 is 10.7 Å². The molecule has 2 amide bonds. The summed E-state index contributed by atoms with van der Waals surface area (Å²) in [5.41, 5.74) is 4.68. The average Bonchev–Trinajstić information content (AvgIpc) is 2.45. The van der Waals surface area contributed by atoms with Gasteiger partial charge in [0, 0.05) is 42.7 Å². The lowest BCUT2D eigenvalue weighted by Crippen LogP contribution is -2.74. The summed E-state index contributed by atoms with van der Waals surface area (Å²) in [6.45, 7) is 9.71. The van der Waals surface area contributed by atoms with Crippen LogP contribution in [0.3, 0.4) is 0 Å². The Labute approximate surface area is 136 Å². The van der Waals surface area contributed by atoms with E-state index >= 15 is 0 Å². The number of nitrogens with one attached hydrogen (secondary N) is 2. The molecule has 0 aliphatic carbocycles. The van der Waals surface area contributed by atoms with Crippen LogP contribution in [0.1, 0.15) is 13.8 Å². The van der Waals surface area contributed by atoms with Crippen LogP contribution in [0.2, 0.25) is 0 Å². The van der Waals surface area contributed by atoms with Gasteiger partial charge in [0.05, 0.1) is 12.4 Å². The second kappa shape index (κ2) is 5.04. The number of piperidine rings is 2. The van der Waals surface area contributed by atoms with Crippen molar-refractivity contribution in [3.05, 3.63) is 30.3 Å². The standard InChI is InChI=1S/C17H23N5O/c1-16-8-21-10-17(2,11-22(9-16)12-21)14(16)19-20-15(23)18-13-6-4-3-5-7-13/h3-7H,8-12H2,1-2H3,(H2,18,20,23). The summed E-state index contributed by atoms with van der Waals surface area (Å²) in [5, 5.41) is 7.38. The summed E-state index contributed by atoms with van der Waals surface area (Å²) in [6, 6.07) is 9.14. The number of benzene rings is 1. The molecule has 0 radical (unpaired) electrons. The number of carbonyl (C=O) groups excluding carboxylic acids is 1. The summed E-state index contributed by atoms with van der Waals surface area (Å²) in [6.07, 6.45) is 0. The number of urea groups is 1. The van der Waals surface area contributed by atoms with Gasteiger partial charge in [0.15, 0.2) is 0 Å². The van der Waals surface area contributed by atoms with Crippen molar-refractivity contribution in [2.24, 2.45) is 15.9 Å². The van der Waals surface area contributed by atoms with Crippen molar-refractivity contribution in [1.82, 2.24) is 15.2 Å². The van der Waals surface area contributed by atoms with Gasteiger partial charge in [0.1, 0.15) is 0 Å². The molecule has 4 heterocycles. The van der Waals surface area contributed by atoms with Crippen molar-refractivity contribution in [3.8, 4) is 0 Å². The number of hydrazone groups is 1. The molecule has 4 aliphatic rings. The number of hydrogen-bond donors (Lipinski definition) is 2. The molecule has 0 aromatic heterocycles. The van der Waals surface area contributed by atoms with Crippen molar-refractivity contribution in [2.75, 3.05) is 38.2 Å². The third-order valence-corrected chi connectivity index (χ3v) is 5.13. The van der Waals surface area contributed by atoms with Gasteiger partial charge < -0.3 is 5.32 Å². The van der Waals surface area contributed by atoms with E-state index < -0.39 is 0 Å². The molecule has 6 nitrogen and oxygen atoms in total. The topological polar surface area (TPSA) is 60.0 Å². The van der Waals surface area contributed by atoms with Gasteiger partial charge >= 0.3 is 6.03 Å². The highest BCUT2D eigenvalue weighted by atomic mass is 16.2. The largest absolute Gasteiger partial charge is 0.339 e. The van der Waals surface area contributed by atoms with Gasteiger partial charge in [-0.15, -0.1) is 0 Å². The quantitative estimate of drug-likeness (QED) is 0.818. The maximum atomic E-state index is 12.1. The Bertz CT molecular complexity index is 618. The maximum Gasteiger partial charge on any atom is 0.339 e. The maximum absolute atomic E-state index is 12.1.